The second-order valence-corrected chi connectivity index (χ2v) is 5.34. The molecule has 7 heteroatoms. The van der Waals surface area contributed by atoms with Crippen molar-refractivity contribution in [2.24, 2.45) is 0 Å². The van der Waals surface area contributed by atoms with Crippen molar-refractivity contribution in [1.82, 2.24) is 0 Å². The number of halogens is 2. The Hall–Kier alpha value is -2.05. The molecule has 0 radical (unpaired) electrons. The zero-order chi connectivity index (χ0) is 15.4. The quantitative estimate of drug-likeness (QED) is 0.748. The fourth-order valence-electron chi connectivity index (χ4n) is 1.65. The maximum atomic E-state index is 11.9. The van der Waals surface area contributed by atoms with E-state index < -0.39 is 12.0 Å². The molecule has 0 aromatic heterocycles. The number of rotatable bonds is 3. The zero-order valence-electron chi connectivity index (χ0n) is 10.6. The van der Waals surface area contributed by atoms with Gasteiger partial charge in [0.15, 0.2) is 0 Å². The standard InChI is InChI=1S/C14H10BrClN2O3/c15-10-6-5-8(16)7-12(10)18-14(21)17-11-4-2-1-3-9(11)13(19)20/h1-7H,(H,19,20)(H2,17,18,21). The molecule has 2 amide bonds. The minimum absolute atomic E-state index is 0.0119. The summed E-state index contributed by atoms with van der Waals surface area (Å²) in [4.78, 5) is 23.0. The summed E-state index contributed by atoms with van der Waals surface area (Å²) in [7, 11) is 0. The van der Waals surface area contributed by atoms with Crippen LogP contribution in [0.25, 0.3) is 0 Å². The Bertz CT molecular complexity index is 706. The fraction of sp³-hybridized carbons (Fsp3) is 0. The largest absolute Gasteiger partial charge is 0.478 e. The Morgan fingerprint density at radius 1 is 1.05 bits per heavy atom. The van der Waals surface area contributed by atoms with Crippen LogP contribution in [0.15, 0.2) is 46.9 Å². The van der Waals surface area contributed by atoms with Crippen LogP contribution in [-0.4, -0.2) is 17.1 Å². The first-order valence-electron chi connectivity index (χ1n) is 5.83. The van der Waals surface area contributed by atoms with Crippen molar-refractivity contribution < 1.29 is 14.7 Å². The van der Waals surface area contributed by atoms with E-state index in [1.54, 1.807) is 30.3 Å². The molecule has 0 heterocycles. The average Bonchev–Trinajstić information content (AvgIpc) is 2.43. The molecule has 2 aromatic carbocycles. The average molecular weight is 370 g/mol. The molecule has 0 fully saturated rings. The number of carboxylic acids is 1. The number of carbonyl (C=O) groups is 2. The van der Waals surface area contributed by atoms with Gasteiger partial charge in [-0.1, -0.05) is 23.7 Å². The molecule has 2 rings (SSSR count). The number of carbonyl (C=O) groups excluding carboxylic acids is 1. The summed E-state index contributed by atoms with van der Waals surface area (Å²) in [5, 5.41) is 14.6. The minimum atomic E-state index is -1.12. The normalized spacial score (nSPS) is 10.0. The van der Waals surface area contributed by atoms with Crippen molar-refractivity contribution in [2.75, 3.05) is 10.6 Å². The number of hydrogen-bond donors (Lipinski definition) is 3. The Kier molecular flexibility index (Phi) is 4.82. The third-order valence-electron chi connectivity index (χ3n) is 2.58. The van der Waals surface area contributed by atoms with E-state index in [0.717, 1.165) is 0 Å². The van der Waals surface area contributed by atoms with Gasteiger partial charge >= 0.3 is 12.0 Å². The number of carboxylic acid groups (broad SMARTS) is 1. The van der Waals surface area contributed by atoms with Crippen LogP contribution in [0.5, 0.6) is 0 Å². The Morgan fingerprint density at radius 3 is 2.43 bits per heavy atom. The van der Waals surface area contributed by atoms with E-state index in [4.69, 9.17) is 16.7 Å². The van der Waals surface area contributed by atoms with Gasteiger partial charge in [0.1, 0.15) is 0 Å². The molecule has 0 atom stereocenters. The van der Waals surface area contributed by atoms with Crippen LogP contribution in [0, 0.1) is 0 Å². The summed E-state index contributed by atoms with van der Waals surface area (Å²) in [5.74, 6) is -1.12. The smallest absolute Gasteiger partial charge is 0.337 e. The van der Waals surface area contributed by atoms with Crippen molar-refractivity contribution >= 4 is 50.9 Å². The number of nitrogens with one attached hydrogen (secondary N) is 2. The van der Waals surface area contributed by atoms with Gasteiger partial charge in [-0.05, 0) is 46.3 Å². The molecule has 5 nitrogen and oxygen atoms in total. The monoisotopic (exact) mass is 368 g/mol. The molecule has 0 aliphatic rings. The van der Waals surface area contributed by atoms with Crippen molar-refractivity contribution in [1.29, 1.82) is 0 Å². The van der Waals surface area contributed by atoms with Gasteiger partial charge in [-0.3, -0.25) is 0 Å². The number of amides is 2. The number of anilines is 2. The second kappa shape index (κ2) is 6.60. The van der Waals surface area contributed by atoms with E-state index in [0.29, 0.717) is 15.2 Å². The third-order valence-corrected chi connectivity index (χ3v) is 3.51. The molecule has 21 heavy (non-hydrogen) atoms. The number of hydrogen-bond acceptors (Lipinski definition) is 2. The van der Waals surface area contributed by atoms with Crippen molar-refractivity contribution in [3.05, 3.63) is 57.5 Å². The van der Waals surface area contributed by atoms with Crippen molar-refractivity contribution in [2.45, 2.75) is 0 Å². The van der Waals surface area contributed by atoms with Crippen LogP contribution in [0.3, 0.4) is 0 Å². The summed E-state index contributed by atoms with van der Waals surface area (Å²) in [5.41, 5.74) is 0.700. The molecule has 0 saturated carbocycles. The lowest BCUT2D eigenvalue weighted by molar-refractivity contribution is 0.0698. The van der Waals surface area contributed by atoms with Crippen LogP contribution in [-0.2, 0) is 0 Å². The van der Waals surface area contributed by atoms with Gasteiger partial charge in [0.25, 0.3) is 0 Å². The Morgan fingerprint density at radius 2 is 1.71 bits per heavy atom. The first-order chi connectivity index (χ1) is 9.97. The summed E-state index contributed by atoms with van der Waals surface area (Å²) in [6.45, 7) is 0. The molecule has 0 bridgehead atoms. The highest BCUT2D eigenvalue weighted by molar-refractivity contribution is 9.10. The summed E-state index contributed by atoms with van der Waals surface area (Å²) in [6, 6.07) is 10.5. The first-order valence-corrected chi connectivity index (χ1v) is 7.00. The number of benzene rings is 2. The zero-order valence-corrected chi connectivity index (χ0v) is 12.9. The molecular weight excluding hydrogens is 360 g/mol. The maximum absolute atomic E-state index is 11.9. The van der Waals surface area contributed by atoms with Crippen LogP contribution >= 0.6 is 27.5 Å². The molecule has 0 aliphatic heterocycles. The van der Waals surface area contributed by atoms with Gasteiger partial charge in [0.05, 0.1) is 16.9 Å². The SMILES string of the molecule is O=C(Nc1cc(Cl)ccc1Br)Nc1ccccc1C(=O)O. The van der Waals surface area contributed by atoms with Gasteiger partial charge in [-0.25, -0.2) is 9.59 Å². The van der Waals surface area contributed by atoms with E-state index in [9.17, 15) is 9.59 Å². The molecule has 2 aromatic rings. The van der Waals surface area contributed by atoms with E-state index in [2.05, 4.69) is 26.6 Å². The summed E-state index contributed by atoms with van der Waals surface area (Å²) < 4.78 is 0.661. The highest BCUT2D eigenvalue weighted by Gasteiger charge is 2.12. The predicted octanol–water partition coefficient (Wildman–Crippen LogP) is 4.44. The Labute approximate surface area is 134 Å². The lowest BCUT2D eigenvalue weighted by atomic mass is 10.2. The van der Waals surface area contributed by atoms with Gasteiger partial charge in [-0.15, -0.1) is 0 Å². The third kappa shape index (κ3) is 3.96. The topological polar surface area (TPSA) is 78.4 Å². The van der Waals surface area contributed by atoms with E-state index in [1.165, 1.54) is 12.1 Å². The van der Waals surface area contributed by atoms with E-state index >= 15 is 0 Å². The predicted molar refractivity (Wildman–Crippen MR) is 85.2 cm³/mol. The molecule has 3 N–H and O–H groups in total. The van der Waals surface area contributed by atoms with E-state index in [-0.39, 0.29) is 11.3 Å². The van der Waals surface area contributed by atoms with Crippen LogP contribution in [0.2, 0.25) is 5.02 Å². The molecule has 0 unspecified atom stereocenters. The molecule has 0 saturated heterocycles. The number of aromatic carboxylic acids is 1. The maximum Gasteiger partial charge on any atom is 0.337 e. The Balaban J connectivity index is 2.16. The van der Waals surface area contributed by atoms with Gasteiger partial charge < -0.3 is 15.7 Å². The van der Waals surface area contributed by atoms with E-state index in [1.807, 2.05) is 0 Å². The lowest BCUT2D eigenvalue weighted by Gasteiger charge is -2.11. The van der Waals surface area contributed by atoms with Crippen LogP contribution in [0.1, 0.15) is 10.4 Å². The van der Waals surface area contributed by atoms with Crippen molar-refractivity contribution in [3.63, 3.8) is 0 Å². The van der Waals surface area contributed by atoms with Crippen molar-refractivity contribution in [3.8, 4) is 0 Å². The van der Waals surface area contributed by atoms with Crippen LogP contribution < -0.4 is 10.6 Å². The van der Waals surface area contributed by atoms with Crippen LogP contribution in [0.4, 0.5) is 16.2 Å². The first kappa shape index (κ1) is 15.3. The highest BCUT2D eigenvalue weighted by atomic mass is 79.9. The minimum Gasteiger partial charge on any atom is -0.478 e. The van der Waals surface area contributed by atoms with Gasteiger partial charge in [0, 0.05) is 9.50 Å². The lowest BCUT2D eigenvalue weighted by Crippen LogP contribution is -2.21. The fourth-order valence-corrected chi connectivity index (χ4v) is 2.17. The molecule has 0 aliphatic carbocycles. The molecule has 0 spiro atoms. The number of para-hydroxylation sites is 1. The molecule has 108 valence electrons. The van der Waals surface area contributed by atoms with Gasteiger partial charge in [-0.2, -0.15) is 0 Å². The summed E-state index contributed by atoms with van der Waals surface area (Å²) in [6.07, 6.45) is 0. The summed E-state index contributed by atoms with van der Waals surface area (Å²) >= 11 is 9.14. The second-order valence-electron chi connectivity index (χ2n) is 4.05. The molecular formula is C14H10BrClN2O3. The van der Waals surface area contributed by atoms with Gasteiger partial charge in [0.2, 0.25) is 0 Å². The highest BCUT2D eigenvalue weighted by Crippen LogP contribution is 2.26. The number of urea groups is 1.